The van der Waals surface area contributed by atoms with Crippen LogP contribution < -0.4 is 0 Å². The van der Waals surface area contributed by atoms with E-state index in [9.17, 15) is 0 Å². The van der Waals surface area contributed by atoms with Crippen LogP contribution in [0.5, 0.6) is 0 Å². The van der Waals surface area contributed by atoms with Crippen molar-refractivity contribution in [2.75, 3.05) is 0 Å². The maximum atomic E-state index is 4.06. The van der Waals surface area contributed by atoms with Gasteiger partial charge >= 0.3 is 0 Å². The van der Waals surface area contributed by atoms with E-state index >= 15 is 0 Å². The number of aryl methyl sites for hydroxylation is 1. The Labute approximate surface area is 91.9 Å². The molecular weight excluding hydrogens is 248 g/mol. The van der Waals surface area contributed by atoms with E-state index in [1.165, 1.54) is 32.1 Å². The Bertz CT molecular complexity index is 237. The molecule has 0 aliphatic carbocycles. The van der Waals surface area contributed by atoms with Crippen LogP contribution in [0.25, 0.3) is 0 Å². The molecule has 0 aliphatic rings. The van der Waals surface area contributed by atoms with Crippen molar-refractivity contribution in [2.24, 2.45) is 0 Å². The zero-order valence-electron chi connectivity index (χ0n) is 7.92. The van der Waals surface area contributed by atoms with Gasteiger partial charge in [0.1, 0.15) is 5.01 Å². The van der Waals surface area contributed by atoms with Crippen LogP contribution in [-0.4, -0.2) is 10.2 Å². The van der Waals surface area contributed by atoms with E-state index in [4.69, 9.17) is 0 Å². The molecule has 0 aromatic carbocycles. The fourth-order valence-corrected chi connectivity index (χ4v) is 2.46. The summed E-state index contributed by atoms with van der Waals surface area (Å²) < 4.78 is 0.899. The first-order valence-corrected chi connectivity index (χ1v) is 6.41. The van der Waals surface area contributed by atoms with Gasteiger partial charge in [0.15, 0.2) is 3.92 Å². The lowest BCUT2D eigenvalue weighted by atomic mass is 10.1. The molecule has 0 saturated heterocycles. The maximum absolute atomic E-state index is 4.06. The minimum atomic E-state index is 0.899. The molecule has 4 heteroatoms. The van der Waals surface area contributed by atoms with E-state index in [1.807, 2.05) is 0 Å². The molecule has 0 amide bonds. The van der Waals surface area contributed by atoms with Gasteiger partial charge in [-0.1, -0.05) is 43.9 Å². The first kappa shape index (κ1) is 11.1. The van der Waals surface area contributed by atoms with Gasteiger partial charge in [0, 0.05) is 6.42 Å². The van der Waals surface area contributed by atoms with Gasteiger partial charge in [-0.15, -0.1) is 10.2 Å². The normalized spacial score (nSPS) is 10.6. The second-order valence-corrected chi connectivity index (χ2v) is 5.45. The number of aromatic nitrogens is 2. The zero-order chi connectivity index (χ0) is 9.52. The second-order valence-electron chi connectivity index (χ2n) is 3.11. The molecule has 13 heavy (non-hydrogen) atoms. The summed E-state index contributed by atoms with van der Waals surface area (Å²) in [6.45, 7) is 2.24. The lowest BCUT2D eigenvalue weighted by Gasteiger charge is -1.96. The molecule has 74 valence electrons. The Kier molecular flexibility index (Phi) is 5.55. The zero-order valence-corrected chi connectivity index (χ0v) is 10.3. The average Bonchev–Trinajstić information content (AvgIpc) is 2.51. The van der Waals surface area contributed by atoms with Gasteiger partial charge in [0.05, 0.1) is 0 Å². The monoisotopic (exact) mass is 262 g/mol. The SMILES string of the molecule is CCCCCCCc1nnc(Br)s1. The lowest BCUT2D eigenvalue weighted by molar-refractivity contribution is 0.630. The van der Waals surface area contributed by atoms with Gasteiger partial charge in [0.2, 0.25) is 0 Å². The quantitative estimate of drug-likeness (QED) is 0.729. The molecule has 0 spiro atoms. The highest BCUT2D eigenvalue weighted by Crippen LogP contribution is 2.17. The molecule has 0 unspecified atom stereocenters. The van der Waals surface area contributed by atoms with Gasteiger partial charge in [-0.3, -0.25) is 0 Å². The molecule has 0 fully saturated rings. The summed E-state index contributed by atoms with van der Waals surface area (Å²) in [5.74, 6) is 0. The van der Waals surface area contributed by atoms with Crippen molar-refractivity contribution >= 4 is 27.3 Å². The number of unbranched alkanes of at least 4 members (excludes halogenated alkanes) is 4. The highest BCUT2D eigenvalue weighted by molar-refractivity contribution is 9.11. The summed E-state index contributed by atoms with van der Waals surface area (Å²) in [6, 6.07) is 0. The smallest absolute Gasteiger partial charge is 0.143 e. The van der Waals surface area contributed by atoms with Crippen molar-refractivity contribution in [3.8, 4) is 0 Å². The second kappa shape index (κ2) is 6.49. The largest absolute Gasteiger partial charge is 0.183 e. The van der Waals surface area contributed by atoms with Crippen molar-refractivity contribution < 1.29 is 0 Å². The predicted molar refractivity (Wildman–Crippen MR) is 60.1 cm³/mol. The molecule has 0 bridgehead atoms. The van der Waals surface area contributed by atoms with Crippen LogP contribution in [-0.2, 0) is 6.42 Å². The fourth-order valence-electron chi connectivity index (χ4n) is 1.21. The summed E-state index contributed by atoms with van der Waals surface area (Å²) in [7, 11) is 0. The first-order chi connectivity index (χ1) is 6.33. The fraction of sp³-hybridized carbons (Fsp3) is 0.778. The Hall–Kier alpha value is 0.0400. The van der Waals surface area contributed by atoms with Gasteiger partial charge in [0.25, 0.3) is 0 Å². The summed E-state index contributed by atoms with van der Waals surface area (Å²) in [4.78, 5) is 0. The molecule has 1 rings (SSSR count). The van der Waals surface area contributed by atoms with Crippen LogP contribution >= 0.6 is 27.3 Å². The Morgan fingerprint density at radius 1 is 1.15 bits per heavy atom. The van der Waals surface area contributed by atoms with Crippen LogP contribution in [0.1, 0.15) is 44.0 Å². The molecule has 0 atom stereocenters. The van der Waals surface area contributed by atoms with Crippen LogP contribution in [0.2, 0.25) is 0 Å². The van der Waals surface area contributed by atoms with Crippen LogP contribution in [0.3, 0.4) is 0 Å². The Morgan fingerprint density at radius 3 is 2.54 bits per heavy atom. The minimum absolute atomic E-state index is 0.899. The van der Waals surface area contributed by atoms with Gasteiger partial charge in [-0.2, -0.15) is 0 Å². The van der Waals surface area contributed by atoms with E-state index in [1.54, 1.807) is 11.3 Å². The molecule has 1 heterocycles. The van der Waals surface area contributed by atoms with Crippen LogP contribution in [0, 0.1) is 0 Å². The van der Waals surface area contributed by atoms with Crippen molar-refractivity contribution in [2.45, 2.75) is 45.4 Å². The molecule has 1 aromatic heterocycles. The average molecular weight is 263 g/mol. The van der Waals surface area contributed by atoms with Gasteiger partial charge < -0.3 is 0 Å². The number of halogens is 1. The first-order valence-electron chi connectivity index (χ1n) is 4.81. The third kappa shape index (κ3) is 4.72. The number of hydrogen-bond donors (Lipinski definition) is 0. The topological polar surface area (TPSA) is 25.8 Å². The Balaban J connectivity index is 2.06. The van der Waals surface area contributed by atoms with Gasteiger partial charge in [-0.25, -0.2) is 0 Å². The van der Waals surface area contributed by atoms with Crippen LogP contribution in [0.4, 0.5) is 0 Å². The minimum Gasteiger partial charge on any atom is -0.143 e. The van der Waals surface area contributed by atoms with Crippen molar-refractivity contribution in [1.29, 1.82) is 0 Å². The van der Waals surface area contributed by atoms with Crippen molar-refractivity contribution in [1.82, 2.24) is 10.2 Å². The standard InChI is InChI=1S/C9H15BrN2S/c1-2-3-4-5-6-7-8-11-12-9(10)13-8/h2-7H2,1H3. The molecule has 0 aliphatic heterocycles. The molecule has 0 N–H and O–H groups in total. The van der Waals surface area contributed by atoms with E-state index in [-0.39, 0.29) is 0 Å². The third-order valence-corrected chi connectivity index (χ3v) is 3.35. The highest BCUT2D eigenvalue weighted by atomic mass is 79.9. The Morgan fingerprint density at radius 2 is 1.92 bits per heavy atom. The van der Waals surface area contributed by atoms with Crippen molar-refractivity contribution in [3.05, 3.63) is 8.92 Å². The van der Waals surface area contributed by atoms with Gasteiger partial charge in [-0.05, 0) is 22.4 Å². The molecule has 0 saturated carbocycles. The summed E-state index contributed by atoms with van der Waals surface area (Å²) in [5.41, 5.74) is 0. The van der Waals surface area contributed by atoms with Crippen molar-refractivity contribution in [3.63, 3.8) is 0 Å². The summed E-state index contributed by atoms with van der Waals surface area (Å²) >= 11 is 4.96. The third-order valence-electron chi connectivity index (χ3n) is 1.94. The maximum Gasteiger partial charge on any atom is 0.183 e. The molecule has 0 radical (unpaired) electrons. The van der Waals surface area contributed by atoms with Crippen LogP contribution in [0.15, 0.2) is 3.92 Å². The molecule has 2 nitrogen and oxygen atoms in total. The van der Waals surface area contributed by atoms with E-state index in [0.717, 1.165) is 15.3 Å². The summed E-state index contributed by atoms with van der Waals surface area (Å²) in [6.07, 6.45) is 7.69. The predicted octanol–water partition coefficient (Wildman–Crippen LogP) is 3.81. The highest BCUT2D eigenvalue weighted by Gasteiger charge is 2.00. The number of hydrogen-bond acceptors (Lipinski definition) is 3. The lowest BCUT2D eigenvalue weighted by Crippen LogP contribution is -1.84. The number of rotatable bonds is 6. The molecular formula is C9H15BrN2S. The van der Waals surface area contributed by atoms with E-state index in [2.05, 4.69) is 33.1 Å². The number of nitrogens with zero attached hydrogens (tertiary/aromatic N) is 2. The molecule has 1 aromatic rings. The summed E-state index contributed by atoms with van der Waals surface area (Å²) in [5, 5.41) is 9.13. The van der Waals surface area contributed by atoms with E-state index < -0.39 is 0 Å². The van der Waals surface area contributed by atoms with E-state index in [0.29, 0.717) is 0 Å².